The molecule has 0 unspecified atom stereocenters. The average Bonchev–Trinajstić information content (AvgIpc) is 2.62. The largest absolute Gasteiger partial charge is 0.205 e. The van der Waals surface area contributed by atoms with Crippen LogP contribution in [0, 0.1) is 23.5 Å². The molecule has 130 valence electrons. The summed E-state index contributed by atoms with van der Waals surface area (Å²) in [6.45, 7) is 2.17. The van der Waals surface area contributed by atoms with Gasteiger partial charge in [0.15, 0.2) is 0 Å². The number of rotatable bonds is 3. The molecule has 0 aliphatic rings. The van der Waals surface area contributed by atoms with Gasteiger partial charge in [0.25, 0.3) is 0 Å². The zero-order valence-corrected chi connectivity index (χ0v) is 15.9. The van der Waals surface area contributed by atoms with Gasteiger partial charge in [0.2, 0.25) is 0 Å². The van der Waals surface area contributed by atoms with E-state index in [4.69, 9.17) is 0 Å². The van der Waals surface area contributed by atoms with E-state index in [1.165, 1.54) is 17.7 Å². The Morgan fingerprint density at radius 1 is 0.808 bits per heavy atom. The van der Waals surface area contributed by atoms with E-state index in [1.54, 1.807) is 0 Å². The van der Waals surface area contributed by atoms with E-state index in [0.29, 0.717) is 10.0 Å². The summed E-state index contributed by atoms with van der Waals surface area (Å²) in [5.74, 6) is 4.06. The third kappa shape index (κ3) is 4.39. The van der Waals surface area contributed by atoms with Gasteiger partial charge in [-0.05, 0) is 47.4 Å². The molecule has 3 rings (SSSR count). The zero-order valence-electron chi connectivity index (χ0n) is 14.3. The second kappa shape index (κ2) is 8.29. The molecule has 0 atom stereocenters. The van der Waals surface area contributed by atoms with Crippen molar-refractivity contribution in [3.63, 3.8) is 0 Å². The minimum atomic E-state index is -0.673. The first kappa shape index (κ1) is 18.4. The van der Waals surface area contributed by atoms with Gasteiger partial charge in [0.05, 0.1) is 5.56 Å². The van der Waals surface area contributed by atoms with Gasteiger partial charge in [0.1, 0.15) is 11.6 Å². The maximum absolute atomic E-state index is 13.8. The normalized spacial score (nSPS) is 10.3. The maximum Gasteiger partial charge on any atom is 0.142 e. The average molecular weight is 411 g/mol. The van der Waals surface area contributed by atoms with Crippen molar-refractivity contribution in [1.29, 1.82) is 0 Å². The fourth-order valence-electron chi connectivity index (χ4n) is 2.69. The van der Waals surface area contributed by atoms with Crippen LogP contribution in [-0.2, 0) is 6.42 Å². The Morgan fingerprint density at radius 3 is 1.88 bits per heavy atom. The molecule has 0 radical (unpaired) electrons. The molecule has 3 aromatic carbocycles. The third-order valence-corrected chi connectivity index (χ3v) is 4.51. The van der Waals surface area contributed by atoms with Crippen molar-refractivity contribution in [1.82, 2.24) is 0 Å². The Labute approximate surface area is 161 Å². The molecule has 3 aromatic rings. The van der Waals surface area contributed by atoms with Gasteiger partial charge in [-0.3, -0.25) is 0 Å². The predicted molar refractivity (Wildman–Crippen MR) is 106 cm³/mol. The van der Waals surface area contributed by atoms with Gasteiger partial charge < -0.3 is 0 Å². The number of halogens is 3. The third-order valence-electron chi connectivity index (χ3n) is 4.05. The highest BCUT2D eigenvalue weighted by Gasteiger charge is 2.07. The smallest absolute Gasteiger partial charge is 0.142 e. The van der Waals surface area contributed by atoms with Crippen molar-refractivity contribution >= 4 is 15.9 Å². The first-order chi connectivity index (χ1) is 12.6. The molecule has 0 saturated heterocycles. The molecule has 0 fully saturated rings. The van der Waals surface area contributed by atoms with E-state index >= 15 is 0 Å². The lowest BCUT2D eigenvalue weighted by molar-refractivity contribution is 0.576. The lowest BCUT2D eigenvalue weighted by Crippen LogP contribution is -1.90. The fraction of sp³-hybridized carbons (Fsp3) is 0.130. The van der Waals surface area contributed by atoms with E-state index in [2.05, 4.69) is 59.0 Å². The molecule has 0 aliphatic heterocycles. The van der Waals surface area contributed by atoms with Crippen molar-refractivity contribution in [3.05, 3.63) is 93.5 Å². The topological polar surface area (TPSA) is 0 Å². The standard InChI is InChI=1S/C23H17BrF2/c1-2-3-16-4-9-18(10-5-16)19-11-6-17(7-12-19)8-13-21-22(25)14-20(24)15-23(21)26/h4-7,9-12,14-15H,2-3H2,1H3. The molecule has 0 heterocycles. The van der Waals surface area contributed by atoms with Crippen molar-refractivity contribution < 1.29 is 8.78 Å². The van der Waals surface area contributed by atoms with Crippen LogP contribution in [0.1, 0.15) is 30.0 Å². The van der Waals surface area contributed by atoms with Crippen LogP contribution in [0.3, 0.4) is 0 Å². The molecule has 0 nitrogen and oxygen atoms in total. The lowest BCUT2D eigenvalue weighted by Gasteiger charge is -2.04. The highest BCUT2D eigenvalue weighted by molar-refractivity contribution is 9.10. The summed E-state index contributed by atoms with van der Waals surface area (Å²) < 4.78 is 28.0. The van der Waals surface area contributed by atoms with E-state index in [0.717, 1.165) is 24.0 Å². The minimum Gasteiger partial charge on any atom is -0.205 e. The Morgan fingerprint density at radius 2 is 1.35 bits per heavy atom. The second-order valence-corrected chi connectivity index (χ2v) is 6.93. The summed E-state index contributed by atoms with van der Waals surface area (Å²) >= 11 is 3.06. The van der Waals surface area contributed by atoms with E-state index in [-0.39, 0.29) is 5.56 Å². The van der Waals surface area contributed by atoms with Crippen LogP contribution in [0.2, 0.25) is 0 Å². The molecule has 0 bridgehead atoms. The molecule has 0 aliphatic carbocycles. The van der Waals surface area contributed by atoms with E-state index < -0.39 is 11.6 Å². The highest BCUT2D eigenvalue weighted by atomic mass is 79.9. The minimum absolute atomic E-state index is 0.219. The maximum atomic E-state index is 13.8. The summed E-state index contributed by atoms with van der Waals surface area (Å²) in [6.07, 6.45) is 2.21. The molecule has 26 heavy (non-hydrogen) atoms. The van der Waals surface area contributed by atoms with Gasteiger partial charge >= 0.3 is 0 Å². The van der Waals surface area contributed by atoms with Gasteiger partial charge in [-0.1, -0.05) is 77.5 Å². The number of hydrogen-bond acceptors (Lipinski definition) is 0. The van der Waals surface area contributed by atoms with E-state index in [1.807, 2.05) is 24.3 Å². The van der Waals surface area contributed by atoms with Gasteiger partial charge in [-0.2, -0.15) is 0 Å². The summed E-state index contributed by atoms with van der Waals surface area (Å²) in [5, 5.41) is 0. The van der Waals surface area contributed by atoms with Gasteiger partial charge in [0, 0.05) is 10.0 Å². The molecular weight excluding hydrogens is 394 g/mol. The van der Waals surface area contributed by atoms with Crippen LogP contribution in [0.4, 0.5) is 8.78 Å². The number of benzene rings is 3. The molecule has 0 spiro atoms. The van der Waals surface area contributed by atoms with Crippen LogP contribution in [0.5, 0.6) is 0 Å². The summed E-state index contributed by atoms with van der Waals surface area (Å²) in [4.78, 5) is 0. The first-order valence-corrected chi connectivity index (χ1v) is 9.22. The first-order valence-electron chi connectivity index (χ1n) is 8.43. The highest BCUT2D eigenvalue weighted by Crippen LogP contribution is 2.21. The zero-order chi connectivity index (χ0) is 18.5. The molecule has 0 saturated carbocycles. The fourth-order valence-corrected chi connectivity index (χ4v) is 3.10. The van der Waals surface area contributed by atoms with Crippen LogP contribution in [0.25, 0.3) is 11.1 Å². The number of hydrogen-bond donors (Lipinski definition) is 0. The second-order valence-electron chi connectivity index (χ2n) is 6.02. The van der Waals surface area contributed by atoms with Gasteiger partial charge in [-0.25, -0.2) is 8.78 Å². The van der Waals surface area contributed by atoms with Crippen molar-refractivity contribution in [3.8, 4) is 23.0 Å². The van der Waals surface area contributed by atoms with Gasteiger partial charge in [-0.15, -0.1) is 0 Å². The predicted octanol–water partition coefficient (Wildman–Crippen LogP) is 6.75. The lowest BCUT2D eigenvalue weighted by atomic mass is 10.0. The van der Waals surface area contributed by atoms with Crippen LogP contribution in [-0.4, -0.2) is 0 Å². The summed E-state index contributed by atoms with van der Waals surface area (Å²) in [6, 6.07) is 18.6. The SMILES string of the molecule is CCCc1ccc(-c2ccc(C#Cc3c(F)cc(Br)cc3F)cc2)cc1. The number of aryl methyl sites for hydroxylation is 1. The van der Waals surface area contributed by atoms with Crippen LogP contribution in [0.15, 0.2) is 65.1 Å². The molecule has 0 aromatic heterocycles. The van der Waals surface area contributed by atoms with Crippen molar-refractivity contribution in [2.24, 2.45) is 0 Å². The molecular formula is C23H17BrF2. The summed E-state index contributed by atoms with van der Waals surface area (Å²) in [7, 11) is 0. The Hall–Kier alpha value is -2.44. The van der Waals surface area contributed by atoms with E-state index in [9.17, 15) is 8.78 Å². The Kier molecular flexibility index (Phi) is 5.85. The van der Waals surface area contributed by atoms with Crippen molar-refractivity contribution in [2.45, 2.75) is 19.8 Å². The van der Waals surface area contributed by atoms with Crippen LogP contribution < -0.4 is 0 Å². The Bertz CT molecular complexity index is 939. The monoisotopic (exact) mass is 410 g/mol. The van der Waals surface area contributed by atoms with Crippen LogP contribution >= 0.6 is 15.9 Å². The molecule has 0 N–H and O–H groups in total. The molecule has 0 amide bonds. The molecule has 3 heteroatoms. The quantitative estimate of drug-likeness (QED) is 0.419. The Balaban J connectivity index is 1.81. The summed E-state index contributed by atoms with van der Waals surface area (Å²) in [5.41, 5.74) is 4.04. The van der Waals surface area contributed by atoms with Crippen molar-refractivity contribution in [2.75, 3.05) is 0 Å².